The molecule has 1 rings (SSSR count). The van der Waals surface area contributed by atoms with Crippen molar-refractivity contribution in [1.29, 1.82) is 0 Å². The second-order valence-corrected chi connectivity index (χ2v) is 18.9. The van der Waals surface area contributed by atoms with Crippen LogP contribution in [0.3, 0.4) is 0 Å². The Morgan fingerprint density at radius 3 is 0.625 bits per heavy atom. The molecule has 0 spiro atoms. The lowest BCUT2D eigenvalue weighted by molar-refractivity contribution is 0.135. The first-order chi connectivity index (χ1) is 27.8. The van der Waals surface area contributed by atoms with Crippen LogP contribution in [0.15, 0.2) is 12.4 Å². The summed E-state index contributed by atoms with van der Waals surface area (Å²) < 4.78 is 0. The summed E-state index contributed by atoms with van der Waals surface area (Å²) in [5.41, 5.74) is 0. The van der Waals surface area contributed by atoms with Gasteiger partial charge in [-0.1, -0.05) is 290 Å². The normalized spacial score (nSPS) is 13.3. The van der Waals surface area contributed by atoms with Gasteiger partial charge in [-0.05, 0) is 25.7 Å². The molecule has 0 N–H and O–H groups in total. The maximum absolute atomic E-state index is 2.75. The highest BCUT2D eigenvalue weighted by molar-refractivity contribution is 4.97. The third-order valence-electron chi connectivity index (χ3n) is 13.3. The first-order valence-electron chi connectivity index (χ1n) is 27.0. The number of nitrogens with zero attached hydrogens (tertiary/aromatic N) is 2. The van der Waals surface area contributed by atoms with E-state index in [4.69, 9.17) is 0 Å². The molecule has 0 unspecified atom stereocenters. The van der Waals surface area contributed by atoms with E-state index in [2.05, 4.69) is 43.0 Å². The van der Waals surface area contributed by atoms with Crippen LogP contribution in [0.4, 0.5) is 0 Å². The highest BCUT2D eigenvalue weighted by atomic mass is 15.4. The molecule has 0 fully saturated rings. The molecule has 0 amide bonds. The summed E-state index contributed by atoms with van der Waals surface area (Å²) >= 11 is 0. The molecule has 1 aliphatic rings. The number of hydrogen-bond acceptors (Lipinski definition) is 2. The summed E-state index contributed by atoms with van der Waals surface area (Å²) in [7, 11) is 0. The lowest BCUT2D eigenvalue weighted by Gasteiger charge is -2.33. The van der Waals surface area contributed by atoms with Crippen molar-refractivity contribution in [3.05, 3.63) is 12.4 Å². The predicted molar refractivity (Wildman–Crippen MR) is 256 cm³/mol. The maximum Gasteiger partial charge on any atom is 0.101 e. The van der Waals surface area contributed by atoms with Crippen LogP contribution in [0.2, 0.25) is 0 Å². The van der Waals surface area contributed by atoms with E-state index in [9.17, 15) is 0 Å². The number of unbranched alkanes of at least 4 members (excludes halogenated alkanes) is 42. The molecule has 1 heterocycles. The lowest BCUT2D eigenvalue weighted by Crippen LogP contribution is -2.39. The summed E-state index contributed by atoms with van der Waals surface area (Å²) in [4.78, 5) is 5.49. The van der Waals surface area contributed by atoms with Crippen LogP contribution in [0, 0.1) is 0 Å². The molecule has 0 aromatic rings. The van der Waals surface area contributed by atoms with Crippen molar-refractivity contribution in [2.45, 2.75) is 322 Å². The minimum Gasteiger partial charge on any atom is -0.356 e. The Balaban J connectivity index is 2.19. The van der Waals surface area contributed by atoms with Crippen molar-refractivity contribution in [1.82, 2.24) is 9.80 Å². The van der Waals surface area contributed by atoms with Crippen LogP contribution < -0.4 is 0 Å². The molecule has 0 aliphatic carbocycles. The molecular weight excluding hydrogens is 677 g/mol. The molecule has 2 nitrogen and oxygen atoms in total. The van der Waals surface area contributed by atoms with Gasteiger partial charge in [0, 0.05) is 25.5 Å². The summed E-state index contributed by atoms with van der Waals surface area (Å²) in [6, 6.07) is 0. The van der Waals surface area contributed by atoms with Crippen molar-refractivity contribution in [3.8, 4) is 0 Å². The third kappa shape index (κ3) is 36.4. The Hall–Kier alpha value is -0.660. The molecule has 0 bridgehead atoms. The van der Waals surface area contributed by atoms with E-state index in [0.29, 0.717) is 6.17 Å². The molecule has 0 aromatic carbocycles. The topological polar surface area (TPSA) is 6.48 Å². The monoisotopic (exact) mass is 785 g/mol. The van der Waals surface area contributed by atoms with Crippen LogP contribution >= 0.6 is 0 Å². The van der Waals surface area contributed by atoms with Crippen LogP contribution in [-0.2, 0) is 0 Å². The summed E-state index contributed by atoms with van der Waals surface area (Å²) in [6.07, 6.45) is 72.3. The molecule has 0 saturated heterocycles. The quantitative estimate of drug-likeness (QED) is 0.0567. The fourth-order valence-electron chi connectivity index (χ4n) is 9.37. The highest BCUT2D eigenvalue weighted by Crippen LogP contribution is 2.24. The molecule has 2 heteroatoms. The largest absolute Gasteiger partial charge is 0.356 e. The van der Waals surface area contributed by atoms with Gasteiger partial charge in [0.15, 0.2) is 0 Å². The van der Waals surface area contributed by atoms with E-state index in [-0.39, 0.29) is 0 Å². The first-order valence-corrected chi connectivity index (χ1v) is 27.0. The summed E-state index contributed by atoms with van der Waals surface area (Å²) in [5, 5.41) is 0. The molecule has 0 radical (unpaired) electrons. The molecule has 1 aliphatic heterocycles. The maximum atomic E-state index is 2.75. The zero-order valence-electron chi connectivity index (χ0n) is 39.6. The van der Waals surface area contributed by atoms with Crippen LogP contribution in [0.1, 0.15) is 316 Å². The second-order valence-electron chi connectivity index (χ2n) is 18.9. The summed E-state index contributed by atoms with van der Waals surface area (Å²) in [5.74, 6) is 0. The second kappa shape index (κ2) is 45.4. The van der Waals surface area contributed by atoms with E-state index >= 15 is 0 Å². The average Bonchev–Trinajstić information content (AvgIpc) is 3.59. The minimum atomic E-state index is 0.635. The zero-order chi connectivity index (χ0) is 40.1. The minimum absolute atomic E-state index is 0.635. The molecule has 0 aromatic heterocycles. The first kappa shape index (κ1) is 53.4. The predicted octanol–water partition coefficient (Wildman–Crippen LogP) is 19.4. The van der Waals surface area contributed by atoms with Gasteiger partial charge >= 0.3 is 0 Å². The van der Waals surface area contributed by atoms with Crippen molar-refractivity contribution in [2.24, 2.45) is 0 Å². The standard InChI is InChI=1S/C54H108N2/c1-4-7-10-13-16-19-22-25-28-31-34-37-40-43-46-49-54-55(50-47-44-41-38-35-32-29-26-23-20-17-14-11-8-5-2)52-53-56(54)51-48-45-42-39-36-33-30-27-24-21-18-15-12-9-6-3/h52-54H,4-51H2,1-3H3. The Kier molecular flexibility index (Phi) is 43.3. The number of hydrogen-bond donors (Lipinski definition) is 0. The van der Waals surface area contributed by atoms with Gasteiger partial charge in [0.1, 0.15) is 6.17 Å². The van der Waals surface area contributed by atoms with Gasteiger partial charge in [-0.3, -0.25) is 0 Å². The van der Waals surface area contributed by atoms with E-state index in [1.54, 1.807) is 0 Å². The Morgan fingerprint density at radius 2 is 0.411 bits per heavy atom. The lowest BCUT2D eigenvalue weighted by atomic mass is 10.0. The molecule has 334 valence electrons. The fourth-order valence-corrected chi connectivity index (χ4v) is 9.37. The fraction of sp³-hybridized carbons (Fsp3) is 0.963. The van der Waals surface area contributed by atoms with Crippen molar-refractivity contribution < 1.29 is 0 Å². The molecule has 0 saturated carbocycles. The van der Waals surface area contributed by atoms with E-state index < -0.39 is 0 Å². The van der Waals surface area contributed by atoms with E-state index in [1.807, 2.05) is 0 Å². The molecule has 56 heavy (non-hydrogen) atoms. The third-order valence-corrected chi connectivity index (χ3v) is 13.3. The van der Waals surface area contributed by atoms with E-state index in [0.717, 1.165) is 0 Å². The smallest absolute Gasteiger partial charge is 0.101 e. The van der Waals surface area contributed by atoms with Gasteiger partial charge in [0.05, 0.1) is 0 Å². The van der Waals surface area contributed by atoms with Crippen LogP contribution in [0.25, 0.3) is 0 Å². The van der Waals surface area contributed by atoms with Gasteiger partial charge < -0.3 is 9.80 Å². The molecule has 0 atom stereocenters. The Labute approximate surface area is 356 Å². The van der Waals surface area contributed by atoms with E-state index in [1.165, 1.54) is 308 Å². The van der Waals surface area contributed by atoms with Gasteiger partial charge in [-0.15, -0.1) is 0 Å². The molecular formula is C54H108N2. The Morgan fingerprint density at radius 1 is 0.232 bits per heavy atom. The highest BCUT2D eigenvalue weighted by Gasteiger charge is 2.25. The number of rotatable bonds is 48. The van der Waals surface area contributed by atoms with Gasteiger partial charge in [-0.2, -0.15) is 0 Å². The van der Waals surface area contributed by atoms with Gasteiger partial charge in [0.2, 0.25) is 0 Å². The SMILES string of the molecule is CCCCCCCCCCCCCCCCCC1N(CCCCCCCCCCCCCCCCC)C=CN1CCCCCCCCCCCCCCCCC. The van der Waals surface area contributed by atoms with Gasteiger partial charge in [-0.25, -0.2) is 0 Å². The van der Waals surface area contributed by atoms with Crippen molar-refractivity contribution in [2.75, 3.05) is 13.1 Å². The Bertz CT molecular complexity index is 703. The average molecular weight is 785 g/mol. The van der Waals surface area contributed by atoms with Crippen LogP contribution in [0.5, 0.6) is 0 Å². The zero-order valence-corrected chi connectivity index (χ0v) is 39.6. The van der Waals surface area contributed by atoms with Crippen molar-refractivity contribution in [3.63, 3.8) is 0 Å². The summed E-state index contributed by atoms with van der Waals surface area (Å²) in [6.45, 7) is 9.50. The van der Waals surface area contributed by atoms with Gasteiger partial charge in [0.25, 0.3) is 0 Å². The van der Waals surface area contributed by atoms with Crippen molar-refractivity contribution >= 4 is 0 Å². The van der Waals surface area contributed by atoms with Crippen LogP contribution in [-0.4, -0.2) is 29.1 Å².